The first-order valence-electron chi connectivity index (χ1n) is 6.35. The summed E-state index contributed by atoms with van der Waals surface area (Å²) in [5, 5.41) is 17.9. The fourth-order valence-electron chi connectivity index (χ4n) is 2.09. The summed E-state index contributed by atoms with van der Waals surface area (Å²) < 4.78 is 5.13. The maximum absolute atomic E-state index is 12.6. The number of thioether (sulfide) groups is 1. The molecule has 110 valence electrons. The van der Waals surface area contributed by atoms with Crippen LogP contribution in [-0.4, -0.2) is 53.4 Å². The van der Waals surface area contributed by atoms with Crippen LogP contribution in [0.1, 0.15) is 10.4 Å². The number of hydrogen-bond acceptors (Lipinski definition) is 5. The van der Waals surface area contributed by atoms with Gasteiger partial charge in [-0.1, -0.05) is 12.1 Å². The monoisotopic (exact) mass is 306 g/mol. The molecule has 1 aromatic carbocycles. The number of amides is 1. The van der Waals surface area contributed by atoms with Crippen LogP contribution >= 0.6 is 11.8 Å². The minimum absolute atomic E-state index is 0.00538. The zero-order chi connectivity index (χ0) is 15.2. The molecule has 1 atom stereocenters. The highest BCUT2D eigenvalue weighted by Gasteiger charge is 2.33. The molecule has 1 aliphatic rings. The molecular weight excluding hydrogens is 292 g/mol. The Kier molecular flexibility index (Phi) is 5.20. The average Bonchev–Trinajstić information content (AvgIpc) is 2.52. The Morgan fingerprint density at radius 3 is 2.95 bits per heavy atom. The fraction of sp³-hybridized carbons (Fsp3) is 0.357. The van der Waals surface area contributed by atoms with E-state index in [2.05, 4.69) is 0 Å². The highest BCUT2D eigenvalue weighted by Crippen LogP contribution is 2.24. The molecule has 0 saturated carbocycles. The molecule has 1 aromatic rings. The molecule has 1 fully saturated rings. The van der Waals surface area contributed by atoms with Gasteiger partial charge in [0.25, 0.3) is 5.91 Å². The predicted octanol–water partition coefficient (Wildman–Crippen LogP) is 1.23. The maximum Gasteiger partial charge on any atom is 0.328 e. The summed E-state index contributed by atoms with van der Waals surface area (Å²) in [6, 6.07) is 7.95. The summed E-state index contributed by atoms with van der Waals surface area (Å²) >= 11 is 1.26. The fourth-order valence-corrected chi connectivity index (χ4v) is 2.79. The molecule has 0 spiro atoms. The van der Waals surface area contributed by atoms with E-state index in [0.717, 1.165) is 0 Å². The number of carbonyl (C=O) groups is 2. The number of nitriles is 1. The van der Waals surface area contributed by atoms with E-state index in [1.165, 1.54) is 16.7 Å². The van der Waals surface area contributed by atoms with Crippen LogP contribution in [-0.2, 0) is 9.53 Å². The summed E-state index contributed by atoms with van der Waals surface area (Å²) in [7, 11) is 0. The summed E-state index contributed by atoms with van der Waals surface area (Å²) in [5.74, 6) is -1.19. The van der Waals surface area contributed by atoms with Gasteiger partial charge < -0.3 is 14.7 Å². The summed E-state index contributed by atoms with van der Waals surface area (Å²) in [6.45, 7) is 0.560. The molecule has 0 radical (unpaired) electrons. The zero-order valence-electron chi connectivity index (χ0n) is 11.2. The molecule has 1 heterocycles. The number of benzene rings is 1. The van der Waals surface area contributed by atoms with Gasteiger partial charge in [0.05, 0.1) is 30.6 Å². The molecular formula is C14H14N2O4S. The standard InChI is InChI=1S/C14H14N2O4S/c15-5-8-21-12-4-2-1-3-10(12)13(17)16-6-7-20-9-11(16)14(18)19/h1-4,11H,6-9H2,(H,18,19). The van der Waals surface area contributed by atoms with E-state index in [0.29, 0.717) is 17.1 Å². The van der Waals surface area contributed by atoms with Crippen LogP contribution in [0.3, 0.4) is 0 Å². The third kappa shape index (κ3) is 3.54. The second-order valence-corrected chi connectivity index (χ2v) is 5.39. The van der Waals surface area contributed by atoms with Crippen LogP contribution in [0.15, 0.2) is 29.2 Å². The number of nitrogens with zero attached hydrogens (tertiary/aromatic N) is 2. The summed E-state index contributed by atoms with van der Waals surface area (Å²) in [6.07, 6.45) is 0. The number of aliphatic carboxylic acids is 1. The molecule has 0 aromatic heterocycles. The highest BCUT2D eigenvalue weighted by atomic mass is 32.2. The minimum atomic E-state index is -1.08. The Morgan fingerprint density at radius 2 is 2.24 bits per heavy atom. The van der Waals surface area contributed by atoms with Crippen molar-refractivity contribution in [2.45, 2.75) is 10.9 Å². The molecule has 0 aliphatic carbocycles. The molecule has 1 unspecified atom stereocenters. The Bertz CT molecular complexity index is 585. The first kappa shape index (κ1) is 15.4. The number of ether oxygens (including phenoxy) is 1. The van der Waals surface area contributed by atoms with Crippen LogP contribution in [0.5, 0.6) is 0 Å². The van der Waals surface area contributed by atoms with Gasteiger partial charge in [0.2, 0.25) is 0 Å². The first-order chi connectivity index (χ1) is 10.1. The van der Waals surface area contributed by atoms with Crippen molar-refractivity contribution in [1.82, 2.24) is 4.90 Å². The second-order valence-electron chi connectivity index (χ2n) is 4.37. The van der Waals surface area contributed by atoms with E-state index in [9.17, 15) is 14.7 Å². The van der Waals surface area contributed by atoms with E-state index in [1.807, 2.05) is 6.07 Å². The van der Waals surface area contributed by atoms with Gasteiger partial charge in [0.1, 0.15) is 0 Å². The summed E-state index contributed by atoms with van der Waals surface area (Å²) in [4.78, 5) is 25.8. The van der Waals surface area contributed by atoms with E-state index < -0.39 is 12.0 Å². The molecule has 0 bridgehead atoms. The smallest absolute Gasteiger partial charge is 0.328 e. The van der Waals surface area contributed by atoms with Crippen molar-refractivity contribution in [3.8, 4) is 6.07 Å². The van der Waals surface area contributed by atoms with Crippen molar-refractivity contribution in [3.05, 3.63) is 29.8 Å². The average molecular weight is 306 g/mol. The molecule has 21 heavy (non-hydrogen) atoms. The van der Waals surface area contributed by atoms with E-state index in [-0.39, 0.29) is 24.8 Å². The van der Waals surface area contributed by atoms with Crippen molar-refractivity contribution in [2.75, 3.05) is 25.5 Å². The number of hydrogen-bond donors (Lipinski definition) is 1. The van der Waals surface area contributed by atoms with Crippen LogP contribution < -0.4 is 0 Å². The van der Waals surface area contributed by atoms with Gasteiger partial charge in [-0.2, -0.15) is 5.26 Å². The largest absolute Gasteiger partial charge is 0.480 e. The van der Waals surface area contributed by atoms with Crippen molar-refractivity contribution >= 4 is 23.6 Å². The maximum atomic E-state index is 12.6. The van der Waals surface area contributed by atoms with Gasteiger partial charge in [0, 0.05) is 11.4 Å². The number of rotatable bonds is 4. The lowest BCUT2D eigenvalue weighted by molar-refractivity contribution is -0.147. The zero-order valence-corrected chi connectivity index (χ0v) is 12.0. The quantitative estimate of drug-likeness (QED) is 0.841. The van der Waals surface area contributed by atoms with Gasteiger partial charge in [-0.05, 0) is 12.1 Å². The van der Waals surface area contributed by atoms with Crippen LogP contribution in [0.2, 0.25) is 0 Å². The molecule has 1 saturated heterocycles. The molecule has 1 N–H and O–H groups in total. The normalized spacial score (nSPS) is 18.0. The predicted molar refractivity (Wildman–Crippen MR) is 76.1 cm³/mol. The van der Waals surface area contributed by atoms with E-state index in [4.69, 9.17) is 10.00 Å². The summed E-state index contributed by atoms with van der Waals surface area (Å²) in [5.41, 5.74) is 0.422. The highest BCUT2D eigenvalue weighted by molar-refractivity contribution is 7.99. The third-order valence-electron chi connectivity index (χ3n) is 3.08. The van der Waals surface area contributed by atoms with E-state index >= 15 is 0 Å². The van der Waals surface area contributed by atoms with Gasteiger partial charge >= 0.3 is 5.97 Å². The topological polar surface area (TPSA) is 90.6 Å². The van der Waals surface area contributed by atoms with Crippen molar-refractivity contribution in [1.29, 1.82) is 5.26 Å². The van der Waals surface area contributed by atoms with Crippen molar-refractivity contribution < 1.29 is 19.4 Å². The second kappa shape index (κ2) is 7.11. The van der Waals surface area contributed by atoms with Gasteiger partial charge in [-0.3, -0.25) is 4.79 Å². The number of carboxylic acid groups (broad SMARTS) is 1. The van der Waals surface area contributed by atoms with Gasteiger partial charge in [0.15, 0.2) is 6.04 Å². The first-order valence-corrected chi connectivity index (χ1v) is 7.34. The Labute approximate surface area is 126 Å². The molecule has 2 rings (SSSR count). The number of carbonyl (C=O) groups excluding carboxylic acids is 1. The molecule has 6 nitrogen and oxygen atoms in total. The van der Waals surface area contributed by atoms with Crippen molar-refractivity contribution in [2.24, 2.45) is 0 Å². The third-order valence-corrected chi connectivity index (χ3v) is 4.02. The number of morpholine rings is 1. The Hall–Kier alpha value is -2.04. The van der Waals surface area contributed by atoms with Gasteiger partial charge in [-0.15, -0.1) is 11.8 Å². The Balaban J connectivity index is 2.26. The molecule has 1 amide bonds. The molecule has 1 aliphatic heterocycles. The lowest BCUT2D eigenvalue weighted by Crippen LogP contribution is -2.52. The minimum Gasteiger partial charge on any atom is -0.480 e. The van der Waals surface area contributed by atoms with Crippen LogP contribution in [0.25, 0.3) is 0 Å². The van der Waals surface area contributed by atoms with E-state index in [1.54, 1.807) is 24.3 Å². The van der Waals surface area contributed by atoms with Crippen molar-refractivity contribution in [3.63, 3.8) is 0 Å². The van der Waals surface area contributed by atoms with Crippen LogP contribution in [0, 0.1) is 11.3 Å². The van der Waals surface area contributed by atoms with Gasteiger partial charge in [-0.25, -0.2) is 4.79 Å². The number of carboxylic acids is 1. The Morgan fingerprint density at radius 1 is 1.48 bits per heavy atom. The molecule has 7 heteroatoms. The lowest BCUT2D eigenvalue weighted by Gasteiger charge is -2.33. The lowest BCUT2D eigenvalue weighted by atomic mass is 10.1. The SMILES string of the molecule is N#CCSc1ccccc1C(=O)N1CCOCC1C(=O)O. The van der Waals surface area contributed by atoms with Crippen LogP contribution in [0.4, 0.5) is 0 Å².